The van der Waals surface area contributed by atoms with Crippen molar-refractivity contribution < 1.29 is 80.2 Å². The first kappa shape index (κ1) is 103. The van der Waals surface area contributed by atoms with Gasteiger partial charge >= 0.3 is 39.5 Å². The number of carbonyl (C=O) groups is 4. The molecular weight excluding hydrogens is 1370 g/mol. The van der Waals surface area contributed by atoms with E-state index < -0.39 is 97.5 Å². The van der Waals surface area contributed by atoms with Gasteiger partial charge in [0.25, 0.3) is 0 Å². The van der Waals surface area contributed by atoms with E-state index >= 15 is 0 Å². The van der Waals surface area contributed by atoms with Crippen LogP contribution in [0.5, 0.6) is 0 Å². The number of aliphatic hydroxyl groups is 1. The fourth-order valence-electron chi connectivity index (χ4n) is 13.4. The molecule has 0 radical (unpaired) electrons. The molecule has 105 heavy (non-hydrogen) atoms. The van der Waals surface area contributed by atoms with Crippen molar-refractivity contribution in [3.63, 3.8) is 0 Å². The zero-order valence-electron chi connectivity index (χ0n) is 68.9. The number of phosphoric ester groups is 2. The van der Waals surface area contributed by atoms with Gasteiger partial charge in [0, 0.05) is 25.7 Å². The molecule has 3 N–H and O–H groups in total. The van der Waals surface area contributed by atoms with Gasteiger partial charge in [-0.2, -0.15) is 0 Å². The number of phosphoric acid groups is 2. The molecule has 0 aliphatic heterocycles. The summed E-state index contributed by atoms with van der Waals surface area (Å²) < 4.78 is 68.8. The van der Waals surface area contributed by atoms with Gasteiger partial charge in [-0.3, -0.25) is 37.3 Å². The van der Waals surface area contributed by atoms with Crippen molar-refractivity contribution in [3.05, 3.63) is 0 Å². The summed E-state index contributed by atoms with van der Waals surface area (Å²) in [5, 5.41) is 10.7. The largest absolute Gasteiger partial charge is 0.472 e. The Labute approximate surface area is 645 Å². The first-order chi connectivity index (χ1) is 51.1. The summed E-state index contributed by atoms with van der Waals surface area (Å²) in [6.45, 7) is 7.42. The molecule has 3 unspecified atom stereocenters. The van der Waals surface area contributed by atoms with Crippen LogP contribution in [0, 0.1) is 5.92 Å². The third kappa shape index (κ3) is 78.5. The predicted octanol–water partition coefficient (Wildman–Crippen LogP) is 26.4. The maximum absolute atomic E-state index is 13.1. The van der Waals surface area contributed by atoms with E-state index in [1.807, 2.05) is 0 Å². The van der Waals surface area contributed by atoms with Gasteiger partial charge in [0.15, 0.2) is 12.2 Å². The second-order valence-electron chi connectivity index (χ2n) is 31.2. The van der Waals surface area contributed by atoms with Crippen LogP contribution in [0.3, 0.4) is 0 Å². The Morgan fingerprint density at radius 2 is 0.457 bits per heavy atom. The van der Waals surface area contributed by atoms with E-state index in [0.29, 0.717) is 25.7 Å². The number of ether oxygens (including phenoxy) is 4. The van der Waals surface area contributed by atoms with E-state index in [1.54, 1.807) is 0 Å². The molecule has 0 rings (SSSR count). The summed E-state index contributed by atoms with van der Waals surface area (Å²) in [5.41, 5.74) is 0. The van der Waals surface area contributed by atoms with Crippen LogP contribution in [0.15, 0.2) is 0 Å². The Bertz CT molecular complexity index is 2000. The highest BCUT2D eigenvalue weighted by atomic mass is 31.2. The number of hydrogen-bond acceptors (Lipinski definition) is 15. The van der Waals surface area contributed by atoms with Crippen molar-refractivity contribution in [2.45, 2.75) is 483 Å². The lowest BCUT2D eigenvalue weighted by Crippen LogP contribution is -2.30. The standard InChI is InChI=1S/C86H168O17P2/c1-6-10-13-16-19-22-24-26-28-30-34-38-41-45-50-55-60-65-70-84(89)97-76-82(103-86(91)72-67-62-57-52-47-43-39-35-32-31-33-36-40-44-49-53-58-63-68-79(5)9-4)78-101-105(94,95)99-74-80(87)73-98-104(92,93)100-77-81(75-96-83(88)69-64-59-54-48-21-18-15-12-8-3)102-85(90)71-66-61-56-51-46-42-37-29-27-25-23-20-17-14-11-7-2/h79-82,87H,6-78H2,1-5H3,(H,92,93)(H,94,95)/t79?,80-,81+,82+/m0/s1. The smallest absolute Gasteiger partial charge is 0.462 e. The summed E-state index contributed by atoms with van der Waals surface area (Å²) >= 11 is 0. The van der Waals surface area contributed by atoms with Gasteiger partial charge in [0.05, 0.1) is 26.4 Å². The maximum atomic E-state index is 13.1. The predicted molar refractivity (Wildman–Crippen MR) is 432 cm³/mol. The number of aliphatic hydroxyl groups excluding tert-OH is 1. The van der Waals surface area contributed by atoms with Gasteiger partial charge in [0.1, 0.15) is 19.3 Å². The minimum absolute atomic E-state index is 0.109. The average Bonchev–Trinajstić information content (AvgIpc) is 0.920. The van der Waals surface area contributed by atoms with Gasteiger partial charge in [0.2, 0.25) is 0 Å². The van der Waals surface area contributed by atoms with Crippen LogP contribution in [0.1, 0.15) is 465 Å². The molecule has 6 atom stereocenters. The van der Waals surface area contributed by atoms with Crippen LogP contribution >= 0.6 is 15.6 Å². The minimum atomic E-state index is -4.96. The fourth-order valence-corrected chi connectivity index (χ4v) is 15.0. The van der Waals surface area contributed by atoms with E-state index in [-0.39, 0.29) is 25.7 Å². The average molecular weight is 1540 g/mol. The third-order valence-electron chi connectivity index (χ3n) is 20.6. The third-order valence-corrected chi connectivity index (χ3v) is 22.5. The Kier molecular flexibility index (Phi) is 77.3. The summed E-state index contributed by atoms with van der Waals surface area (Å²) in [5.74, 6) is -1.23. The summed E-state index contributed by atoms with van der Waals surface area (Å²) in [6.07, 6.45) is 72.2. The Hall–Kier alpha value is -1.94. The second kappa shape index (κ2) is 78.7. The van der Waals surface area contributed by atoms with Crippen LogP contribution in [0.25, 0.3) is 0 Å². The topological polar surface area (TPSA) is 237 Å². The summed E-state index contributed by atoms with van der Waals surface area (Å²) in [4.78, 5) is 73.2. The van der Waals surface area contributed by atoms with E-state index in [0.717, 1.165) is 95.8 Å². The highest BCUT2D eigenvalue weighted by Crippen LogP contribution is 2.45. The van der Waals surface area contributed by atoms with E-state index in [4.69, 9.17) is 37.0 Å². The molecule has 0 spiro atoms. The van der Waals surface area contributed by atoms with Crippen molar-refractivity contribution in [3.8, 4) is 0 Å². The van der Waals surface area contributed by atoms with E-state index in [2.05, 4.69) is 34.6 Å². The highest BCUT2D eigenvalue weighted by Gasteiger charge is 2.30. The second-order valence-corrected chi connectivity index (χ2v) is 34.1. The Morgan fingerprint density at radius 3 is 0.676 bits per heavy atom. The molecule has 0 aliphatic rings. The maximum Gasteiger partial charge on any atom is 0.472 e. The first-order valence-electron chi connectivity index (χ1n) is 44.7. The van der Waals surface area contributed by atoms with Gasteiger partial charge < -0.3 is 33.8 Å². The lowest BCUT2D eigenvalue weighted by molar-refractivity contribution is -0.161. The van der Waals surface area contributed by atoms with Crippen LogP contribution in [-0.4, -0.2) is 96.7 Å². The van der Waals surface area contributed by atoms with Crippen LogP contribution < -0.4 is 0 Å². The van der Waals surface area contributed by atoms with Crippen LogP contribution in [-0.2, 0) is 65.4 Å². The van der Waals surface area contributed by atoms with Crippen molar-refractivity contribution in [1.82, 2.24) is 0 Å². The monoisotopic (exact) mass is 1540 g/mol. The Morgan fingerprint density at radius 1 is 0.267 bits per heavy atom. The minimum Gasteiger partial charge on any atom is -0.462 e. The first-order valence-corrected chi connectivity index (χ1v) is 47.7. The normalized spacial score (nSPS) is 14.0. The van der Waals surface area contributed by atoms with Crippen LogP contribution in [0.2, 0.25) is 0 Å². The SMILES string of the molecule is CCCCCCCCCCCCCCCCCCCCC(=O)OC[C@H](COP(=O)(O)OC[C@@H](O)COP(=O)(O)OC[C@@H](COC(=O)CCCCCCCCCCC)OC(=O)CCCCCCCCCCCCCCCCCC)OC(=O)CCCCCCCCCCCCCCCCCCCCC(C)CC. The fraction of sp³-hybridized carbons (Fsp3) is 0.953. The summed E-state index contributed by atoms with van der Waals surface area (Å²) in [6, 6.07) is 0. The van der Waals surface area contributed by atoms with Crippen molar-refractivity contribution in [2.24, 2.45) is 5.92 Å². The molecular formula is C86H168O17P2. The molecule has 17 nitrogen and oxygen atoms in total. The van der Waals surface area contributed by atoms with Gasteiger partial charge in [-0.05, 0) is 31.6 Å². The lowest BCUT2D eigenvalue weighted by atomic mass is 9.99. The molecule has 0 aromatic carbocycles. The molecule has 0 fully saturated rings. The van der Waals surface area contributed by atoms with Gasteiger partial charge in [-0.1, -0.05) is 413 Å². The zero-order chi connectivity index (χ0) is 76.9. The summed E-state index contributed by atoms with van der Waals surface area (Å²) in [7, 11) is -9.92. The van der Waals surface area contributed by atoms with Crippen molar-refractivity contribution in [1.29, 1.82) is 0 Å². The van der Waals surface area contributed by atoms with Gasteiger partial charge in [-0.25, -0.2) is 9.13 Å². The number of hydrogen-bond donors (Lipinski definition) is 3. The highest BCUT2D eigenvalue weighted by molar-refractivity contribution is 7.47. The van der Waals surface area contributed by atoms with E-state index in [1.165, 1.54) is 289 Å². The molecule has 0 amide bonds. The molecule has 0 aromatic heterocycles. The van der Waals surface area contributed by atoms with Crippen LogP contribution in [0.4, 0.5) is 0 Å². The number of unbranched alkanes of at least 4 members (excludes halogenated alkanes) is 57. The number of carbonyl (C=O) groups excluding carboxylic acids is 4. The molecule has 0 bridgehead atoms. The van der Waals surface area contributed by atoms with Crippen molar-refractivity contribution >= 4 is 39.5 Å². The molecule has 0 aliphatic carbocycles. The zero-order valence-corrected chi connectivity index (χ0v) is 70.7. The molecule has 0 aromatic rings. The molecule has 0 saturated heterocycles. The Balaban J connectivity index is 5.20. The number of rotatable bonds is 86. The molecule has 0 heterocycles. The molecule has 0 saturated carbocycles. The lowest BCUT2D eigenvalue weighted by Gasteiger charge is -2.21. The molecule has 19 heteroatoms. The number of esters is 4. The molecule has 624 valence electrons. The quantitative estimate of drug-likeness (QED) is 0.0222. The van der Waals surface area contributed by atoms with E-state index in [9.17, 15) is 43.2 Å². The van der Waals surface area contributed by atoms with Crippen molar-refractivity contribution in [2.75, 3.05) is 39.6 Å². The van der Waals surface area contributed by atoms with Gasteiger partial charge in [-0.15, -0.1) is 0 Å².